The van der Waals surface area contributed by atoms with E-state index in [1.54, 1.807) is 12.1 Å². The fourth-order valence-electron chi connectivity index (χ4n) is 2.46. The minimum Gasteiger partial charge on any atom is -0.472 e. The van der Waals surface area contributed by atoms with Crippen LogP contribution in [0.15, 0.2) is 47.9 Å². The van der Waals surface area contributed by atoms with Crippen molar-refractivity contribution in [3.63, 3.8) is 0 Å². The maximum absolute atomic E-state index is 12.4. The Morgan fingerprint density at radius 3 is 2.67 bits per heavy atom. The van der Waals surface area contributed by atoms with E-state index in [4.69, 9.17) is 4.74 Å². The molecule has 2 heterocycles. The van der Waals surface area contributed by atoms with Crippen LogP contribution in [-0.4, -0.2) is 42.1 Å². The molecule has 0 bridgehead atoms. The predicted octanol–water partition coefficient (Wildman–Crippen LogP) is 2.24. The molecule has 1 aromatic carbocycles. The van der Waals surface area contributed by atoms with Crippen LogP contribution in [0.25, 0.3) is 6.08 Å². The summed E-state index contributed by atoms with van der Waals surface area (Å²) in [7, 11) is -3.45. The molecular formula is C17H19N3O3S. The molecule has 1 fully saturated rings. The van der Waals surface area contributed by atoms with Crippen molar-refractivity contribution in [1.82, 2.24) is 14.5 Å². The zero-order chi connectivity index (χ0) is 17.0. The third kappa shape index (κ3) is 4.18. The lowest BCUT2D eigenvalue weighted by Gasteiger charge is -2.14. The van der Waals surface area contributed by atoms with Crippen LogP contribution in [0.5, 0.6) is 5.88 Å². The first kappa shape index (κ1) is 16.6. The van der Waals surface area contributed by atoms with Gasteiger partial charge in [0, 0.05) is 18.0 Å². The van der Waals surface area contributed by atoms with E-state index in [1.807, 2.05) is 43.3 Å². The van der Waals surface area contributed by atoms with Gasteiger partial charge < -0.3 is 4.74 Å². The van der Waals surface area contributed by atoms with E-state index in [0.29, 0.717) is 25.4 Å². The molecule has 0 N–H and O–H groups in total. The Morgan fingerprint density at radius 2 is 1.96 bits per heavy atom. The largest absolute Gasteiger partial charge is 0.472 e. The van der Waals surface area contributed by atoms with E-state index in [0.717, 1.165) is 11.3 Å². The van der Waals surface area contributed by atoms with Crippen molar-refractivity contribution in [3.8, 4) is 5.88 Å². The summed E-state index contributed by atoms with van der Waals surface area (Å²) in [5, 5.41) is 9.13. The van der Waals surface area contributed by atoms with Gasteiger partial charge in [-0.05, 0) is 31.1 Å². The number of aromatic nitrogens is 2. The standard InChI is InChI=1S/C17H19N3O3S/c1-14-7-8-17(19-18-14)23-16-9-11-20(13-16)24(21,22)12-10-15-5-3-2-4-6-15/h2-8,10,12,16H,9,11,13H2,1H3/b12-10+/t16-/m0/s1. The molecule has 0 amide bonds. The molecule has 1 aliphatic rings. The quantitative estimate of drug-likeness (QED) is 0.831. The molecule has 6 nitrogen and oxygen atoms in total. The molecule has 3 rings (SSSR count). The van der Waals surface area contributed by atoms with E-state index < -0.39 is 10.0 Å². The first-order valence-corrected chi connectivity index (χ1v) is 9.23. The minimum atomic E-state index is -3.45. The number of aryl methyl sites for hydroxylation is 1. The molecule has 2 aromatic rings. The van der Waals surface area contributed by atoms with Crippen molar-refractivity contribution in [2.75, 3.05) is 13.1 Å². The van der Waals surface area contributed by atoms with Gasteiger partial charge in [0.25, 0.3) is 0 Å². The number of hydrogen-bond acceptors (Lipinski definition) is 5. The Labute approximate surface area is 141 Å². The average Bonchev–Trinajstić information content (AvgIpc) is 3.06. The SMILES string of the molecule is Cc1ccc(O[C@H]2CCN(S(=O)(=O)/C=C/c3ccccc3)C2)nn1. The topological polar surface area (TPSA) is 72.4 Å². The molecule has 24 heavy (non-hydrogen) atoms. The summed E-state index contributed by atoms with van der Waals surface area (Å²) in [5.74, 6) is 0.421. The van der Waals surface area contributed by atoms with Crippen molar-refractivity contribution in [3.05, 3.63) is 59.1 Å². The zero-order valence-electron chi connectivity index (χ0n) is 13.4. The van der Waals surface area contributed by atoms with E-state index in [9.17, 15) is 8.42 Å². The first-order valence-electron chi connectivity index (χ1n) is 7.73. The Kier molecular flexibility index (Phi) is 4.92. The van der Waals surface area contributed by atoms with Gasteiger partial charge in [-0.3, -0.25) is 0 Å². The molecule has 1 saturated heterocycles. The fraction of sp³-hybridized carbons (Fsp3) is 0.294. The molecule has 0 aliphatic carbocycles. The van der Waals surface area contributed by atoms with Crippen molar-refractivity contribution >= 4 is 16.1 Å². The minimum absolute atomic E-state index is 0.207. The molecule has 0 radical (unpaired) electrons. The highest BCUT2D eigenvalue weighted by Gasteiger charge is 2.31. The average molecular weight is 345 g/mol. The molecule has 0 spiro atoms. The summed E-state index contributed by atoms with van der Waals surface area (Å²) in [6.45, 7) is 2.60. The highest BCUT2D eigenvalue weighted by Crippen LogP contribution is 2.20. The van der Waals surface area contributed by atoms with E-state index in [2.05, 4.69) is 10.2 Å². The number of hydrogen-bond donors (Lipinski definition) is 0. The molecule has 0 unspecified atom stereocenters. The lowest BCUT2D eigenvalue weighted by Crippen LogP contribution is -2.29. The number of nitrogens with zero attached hydrogens (tertiary/aromatic N) is 3. The van der Waals surface area contributed by atoms with Gasteiger partial charge in [-0.25, -0.2) is 8.42 Å². The van der Waals surface area contributed by atoms with Crippen LogP contribution in [-0.2, 0) is 10.0 Å². The summed E-state index contributed by atoms with van der Waals surface area (Å²) in [5.41, 5.74) is 1.66. The monoisotopic (exact) mass is 345 g/mol. The maximum atomic E-state index is 12.4. The van der Waals surface area contributed by atoms with E-state index in [-0.39, 0.29) is 6.10 Å². The van der Waals surface area contributed by atoms with Gasteiger partial charge in [0.2, 0.25) is 15.9 Å². The van der Waals surface area contributed by atoms with Crippen LogP contribution < -0.4 is 4.74 Å². The van der Waals surface area contributed by atoms with Gasteiger partial charge >= 0.3 is 0 Å². The van der Waals surface area contributed by atoms with Crippen LogP contribution in [0, 0.1) is 6.92 Å². The summed E-state index contributed by atoms with van der Waals surface area (Å²) in [6, 6.07) is 12.9. The van der Waals surface area contributed by atoms with Crippen LogP contribution >= 0.6 is 0 Å². The summed E-state index contributed by atoms with van der Waals surface area (Å²) < 4.78 is 32.0. The second-order valence-electron chi connectivity index (χ2n) is 5.66. The summed E-state index contributed by atoms with van der Waals surface area (Å²) >= 11 is 0. The number of ether oxygens (including phenoxy) is 1. The van der Waals surface area contributed by atoms with Crippen LogP contribution in [0.1, 0.15) is 17.7 Å². The molecule has 1 aromatic heterocycles. The van der Waals surface area contributed by atoms with Gasteiger partial charge in [-0.15, -0.1) is 5.10 Å². The van der Waals surface area contributed by atoms with Crippen molar-refractivity contribution < 1.29 is 13.2 Å². The third-order valence-corrected chi connectivity index (χ3v) is 5.29. The van der Waals surface area contributed by atoms with Gasteiger partial charge in [0.1, 0.15) is 6.10 Å². The Bertz CT molecular complexity index is 805. The lowest BCUT2D eigenvalue weighted by atomic mass is 10.2. The molecule has 1 aliphatic heterocycles. The van der Waals surface area contributed by atoms with Gasteiger partial charge in [-0.1, -0.05) is 30.3 Å². The van der Waals surface area contributed by atoms with Crippen molar-refractivity contribution in [2.24, 2.45) is 0 Å². The Balaban J connectivity index is 1.61. The number of sulfonamides is 1. The predicted molar refractivity (Wildman–Crippen MR) is 91.8 cm³/mol. The number of rotatable bonds is 5. The van der Waals surface area contributed by atoms with Crippen LogP contribution in [0.3, 0.4) is 0 Å². The van der Waals surface area contributed by atoms with Crippen molar-refractivity contribution in [2.45, 2.75) is 19.4 Å². The van der Waals surface area contributed by atoms with E-state index in [1.165, 1.54) is 9.71 Å². The lowest BCUT2D eigenvalue weighted by molar-refractivity contribution is 0.204. The third-order valence-electron chi connectivity index (χ3n) is 3.76. The highest BCUT2D eigenvalue weighted by atomic mass is 32.2. The summed E-state index contributed by atoms with van der Waals surface area (Å²) in [6.07, 6.45) is 2.03. The smallest absolute Gasteiger partial charge is 0.236 e. The fourth-order valence-corrected chi connectivity index (χ4v) is 3.70. The highest BCUT2D eigenvalue weighted by molar-refractivity contribution is 7.92. The van der Waals surface area contributed by atoms with Gasteiger partial charge in [0.15, 0.2) is 0 Å². The zero-order valence-corrected chi connectivity index (χ0v) is 14.2. The van der Waals surface area contributed by atoms with Gasteiger partial charge in [0.05, 0.1) is 12.2 Å². The summed E-state index contributed by atoms with van der Waals surface area (Å²) in [4.78, 5) is 0. The second-order valence-corrected chi connectivity index (χ2v) is 7.48. The molecule has 1 atom stereocenters. The molecule has 126 valence electrons. The van der Waals surface area contributed by atoms with Gasteiger partial charge in [-0.2, -0.15) is 9.40 Å². The van der Waals surface area contributed by atoms with Crippen molar-refractivity contribution in [1.29, 1.82) is 0 Å². The first-order chi connectivity index (χ1) is 11.5. The molecule has 7 heteroatoms. The van der Waals surface area contributed by atoms with Crippen LogP contribution in [0.4, 0.5) is 0 Å². The van der Waals surface area contributed by atoms with Crippen LogP contribution in [0.2, 0.25) is 0 Å². The number of benzene rings is 1. The molecule has 0 saturated carbocycles. The molecular weight excluding hydrogens is 326 g/mol. The Morgan fingerprint density at radius 1 is 1.17 bits per heavy atom. The Hall–Kier alpha value is -2.25. The maximum Gasteiger partial charge on any atom is 0.236 e. The van der Waals surface area contributed by atoms with E-state index >= 15 is 0 Å². The second kappa shape index (κ2) is 7.11. The normalized spacial score (nSPS) is 19.0.